The second-order valence-electron chi connectivity index (χ2n) is 4.51. The number of rotatable bonds is 5. The third-order valence-corrected chi connectivity index (χ3v) is 3.34. The van der Waals surface area contributed by atoms with Crippen molar-refractivity contribution >= 4 is 34.2 Å². The van der Waals surface area contributed by atoms with Crippen LogP contribution in [0.15, 0.2) is 4.47 Å². The molecule has 0 bridgehead atoms. The molecular formula is C11H20BrClN4O. The molecule has 5 nitrogen and oxygen atoms in total. The number of carbonyl (C=O) groups is 1. The van der Waals surface area contributed by atoms with Gasteiger partial charge in [-0.1, -0.05) is 20.8 Å². The van der Waals surface area contributed by atoms with Crippen LogP contribution in [0.3, 0.4) is 0 Å². The quantitative estimate of drug-likeness (QED) is 0.767. The molecule has 18 heavy (non-hydrogen) atoms. The minimum Gasteiger partial charge on any atom is -0.350 e. The fourth-order valence-electron chi connectivity index (χ4n) is 1.31. The molecule has 1 amide bonds. The maximum Gasteiger partial charge on any atom is 0.272 e. The first kappa shape index (κ1) is 17.4. The summed E-state index contributed by atoms with van der Waals surface area (Å²) >= 11 is 3.40. The number of amides is 1. The Labute approximate surface area is 122 Å². The Bertz CT molecular complexity index is 394. The maximum atomic E-state index is 11.9. The van der Waals surface area contributed by atoms with Crippen LogP contribution in [0.4, 0.5) is 0 Å². The summed E-state index contributed by atoms with van der Waals surface area (Å²) in [6.45, 7) is 7.18. The van der Waals surface area contributed by atoms with Crippen molar-refractivity contribution in [1.82, 2.24) is 15.5 Å². The van der Waals surface area contributed by atoms with Gasteiger partial charge in [0, 0.05) is 6.54 Å². The molecule has 1 rings (SSSR count). The van der Waals surface area contributed by atoms with Crippen molar-refractivity contribution in [1.29, 1.82) is 0 Å². The molecule has 1 aromatic rings. The van der Waals surface area contributed by atoms with Gasteiger partial charge in [-0.2, -0.15) is 5.10 Å². The van der Waals surface area contributed by atoms with E-state index in [1.54, 1.807) is 0 Å². The van der Waals surface area contributed by atoms with Crippen LogP contribution in [-0.4, -0.2) is 29.2 Å². The van der Waals surface area contributed by atoms with Gasteiger partial charge in [0.1, 0.15) is 0 Å². The monoisotopic (exact) mass is 338 g/mol. The van der Waals surface area contributed by atoms with Crippen LogP contribution >= 0.6 is 28.3 Å². The molecule has 0 spiro atoms. The number of nitrogens with one attached hydrogen (secondary N) is 2. The second-order valence-corrected chi connectivity index (χ2v) is 5.30. The fraction of sp³-hybridized carbons (Fsp3) is 0.636. The van der Waals surface area contributed by atoms with Crippen molar-refractivity contribution in [2.75, 3.05) is 13.1 Å². The SMILES string of the molecule is CC(CN)CNC(=O)c1n[nH]c(C(C)C)c1Br.Cl. The third-order valence-electron chi connectivity index (χ3n) is 2.54. The summed E-state index contributed by atoms with van der Waals surface area (Å²) in [7, 11) is 0. The van der Waals surface area contributed by atoms with Gasteiger partial charge in [0.2, 0.25) is 0 Å². The third kappa shape index (κ3) is 4.26. The van der Waals surface area contributed by atoms with Crippen molar-refractivity contribution in [3.05, 3.63) is 15.9 Å². The molecule has 0 saturated heterocycles. The average Bonchev–Trinajstić information content (AvgIpc) is 2.67. The van der Waals surface area contributed by atoms with Gasteiger partial charge in [-0.3, -0.25) is 9.89 Å². The largest absolute Gasteiger partial charge is 0.350 e. The van der Waals surface area contributed by atoms with Gasteiger partial charge >= 0.3 is 0 Å². The molecule has 0 fully saturated rings. The number of halogens is 2. The van der Waals surface area contributed by atoms with E-state index in [-0.39, 0.29) is 24.2 Å². The summed E-state index contributed by atoms with van der Waals surface area (Å²) in [5.41, 5.74) is 6.82. The standard InChI is InChI=1S/C11H19BrN4O.ClH/c1-6(2)9-8(12)10(16-15-9)11(17)14-5-7(3)4-13;/h6-7H,4-5,13H2,1-3H3,(H,14,17)(H,15,16);1H. The van der Waals surface area contributed by atoms with E-state index in [1.165, 1.54) is 0 Å². The minimum absolute atomic E-state index is 0. The predicted octanol–water partition coefficient (Wildman–Crippen LogP) is 2.04. The normalized spacial score (nSPS) is 12.1. The van der Waals surface area contributed by atoms with Gasteiger partial charge in [0.15, 0.2) is 5.69 Å². The number of carbonyl (C=O) groups excluding carboxylic acids is 1. The molecule has 0 radical (unpaired) electrons. The molecular weight excluding hydrogens is 320 g/mol. The second kappa shape index (κ2) is 7.76. The van der Waals surface area contributed by atoms with E-state index in [0.717, 1.165) is 10.2 Å². The molecule has 1 atom stereocenters. The number of aromatic nitrogens is 2. The van der Waals surface area contributed by atoms with Crippen molar-refractivity contribution < 1.29 is 4.79 Å². The zero-order chi connectivity index (χ0) is 13.0. The summed E-state index contributed by atoms with van der Waals surface area (Å²) in [4.78, 5) is 11.9. The van der Waals surface area contributed by atoms with Gasteiger partial charge < -0.3 is 11.1 Å². The molecule has 1 unspecified atom stereocenters. The van der Waals surface area contributed by atoms with E-state index >= 15 is 0 Å². The Balaban J connectivity index is 0.00000289. The van der Waals surface area contributed by atoms with Crippen molar-refractivity contribution in [3.8, 4) is 0 Å². The first-order chi connectivity index (χ1) is 7.97. The zero-order valence-corrected chi connectivity index (χ0v) is 13.2. The predicted molar refractivity (Wildman–Crippen MR) is 78.2 cm³/mol. The lowest BCUT2D eigenvalue weighted by atomic mass is 10.1. The van der Waals surface area contributed by atoms with Crippen molar-refractivity contribution in [2.45, 2.75) is 26.7 Å². The Morgan fingerprint density at radius 3 is 2.56 bits per heavy atom. The summed E-state index contributed by atoms with van der Waals surface area (Å²) in [5, 5.41) is 9.71. The van der Waals surface area contributed by atoms with E-state index < -0.39 is 0 Å². The van der Waals surface area contributed by atoms with Crippen LogP contribution < -0.4 is 11.1 Å². The number of H-pyrrole nitrogens is 1. The lowest BCUT2D eigenvalue weighted by molar-refractivity contribution is 0.0943. The van der Waals surface area contributed by atoms with Crippen LogP contribution in [0.5, 0.6) is 0 Å². The van der Waals surface area contributed by atoms with Crippen LogP contribution in [0.2, 0.25) is 0 Å². The molecule has 0 aliphatic carbocycles. The minimum atomic E-state index is -0.180. The Morgan fingerprint density at radius 2 is 2.11 bits per heavy atom. The molecule has 1 heterocycles. The topological polar surface area (TPSA) is 83.8 Å². The Hall–Kier alpha value is -0.590. The molecule has 4 N–H and O–H groups in total. The van der Waals surface area contributed by atoms with Gasteiger partial charge in [0.05, 0.1) is 10.2 Å². The number of nitrogens with zero attached hydrogens (tertiary/aromatic N) is 1. The van der Waals surface area contributed by atoms with Crippen LogP contribution in [0.1, 0.15) is 42.9 Å². The van der Waals surface area contributed by atoms with Crippen LogP contribution in [-0.2, 0) is 0 Å². The summed E-state index contributed by atoms with van der Waals surface area (Å²) in [6.07, 6.45) is 0. The summed E-state index contributed by atoms with van der Waals surface area (Å²) in [5.74, 6) is 0.378. The van der Waals surface area contributed by atoms with Gasteiger partial charge in [-0.15, -0.1) is 12.4 Å². The number of hydrogen-bond donors (Lipinski definition) is 3. The summed E-state index contributed by atoms with van der Waals surface area (Å²) in [6, 6.07) is 0. The fourth-order valence-corrected chi connectivity index (χ4v) is 2.12. The van der Waals surface area contributed by atoms with Gasteiger partial charge in [-0.05, 0) is 34.3 Å². The highest BCUT2D eigenvalue weighted by atomic mass is 79.9. The van der Waals surface area contributed by atoms with E-state index in [9.17, 15) is 4.79 Å². The van der Waals surface area contributed by atoms with Gasteiger partial charge in [-0.25, -0.2) is 0 Å². The molecule has 0 aliphatic rings. The van der Waals surface area contributed by atoms with E-state index in [0.29, 0.717) is 24.7 Å². The molecule has 0 aromatic carbocycles. The van der Waals surface area contributed by atoms with Crippen molar-refractivity contribution in [3.63, 3.8) is 0 Å². The van der Waals surface area contributed by atoms with E-state index in [1.807, 2.05) is 20.8 Å². The van der Waals surface area contributed by atoms with Crippen molar-refractivity contribution in [2.24, 2.45) is 11.7 Å². The van der Waals surface area contributed by atoms with Crippen LogP contribution in [0, 0.1) is 5.92 Å². The highest BCUT2D eigenvalue weighted by Gasteiger charge is 2.19. The number of hydrogen-bond acceptors (Lipinski definition) is 3. The molecule has 1 aromatic heterocycles. The molecule has 0 saturated carbocycles. The highest BCUT2D eigenvalue weighted by Crippen LogP contribution is 2.25. The molecule has 7 heteroatoms. The lowest BCUT2D eigenvalue weighted by Gasteiger charge is -2.09. The average molecular weight is 340 g/mol. The first-order valence-electron chi connectivity index (χ1n) is 5.69. The Morgan fingerprint density at radius 1 is 1.50 bits per heavy atom. The smallest absolute Gasteiger partial charge is 0.272 e. The van der Waals surface area contributed by atoms with E-state index in [2.05, 4.69) is 31.4 Å². The molecule has 0 aliphatic heterocycles. The first-order valence-corrected chi connectivity index (χ1v) is 6.48. The molecule has 104 valence electrons. The summed E-state index contributed by atoms with van der Waals surface area (Å²) < 4.78 is 0.741. The van der Waals surface area contributed by atoms with Crippen LogP contribution in [0.25, 0.3) is 0 Å². The zero-order valence-electron chi connectivity index (χ0n) is 10.8. The number of aromatic amines is 1. The Kier molecular flexibility index (Phi) is 7.51. The van der Waals surface area contributed by atoms with E-state index in [4.69, 9.17) is 5.73 Å². The lowest BCUT2D eigenvalue weighted by Crippen LogP contribution is -2.31. The number of nitrogens with two attached hydrogens (primary N) is 1. The van der Waals surface area contributed by atoms with Gasteiger partial charge in [0.25, 0.3) is 5.91 Å². The maximum absolute atomic E-state index is 11.9. The highest BCUT2D eigenvalue weighted by molar-refractivity contribution is 9.10.